The number of aryl methyl sites for hydroxylation is 1. The minimum absolute atomic E-state index is 0.644. The van der Waals surface area contributed by atoms with Crippen LogP contribution in [0.15, 0.2) is 36.5 Å². The Morgan fingerprint density at radius 1 is 1.14 bits per heavy atom. The predicted molar refractivity (Wildman–Crippen MR) is 84.4 cm³/mol. The van der Waals surface area contributed by atoms with Gasteiger partial charge < -0.3 is 9.88 Å². The molecular weight excluding hydrogens is 262 g/mol. The molecule has 0 radical (unpaired) electrons. The van der Waals surface area contributed by atoms with Gasteiger partial charge in [-0.25, -0.2) is 15.0 Å². The Morgan fingerprint density at radius 2 is 2.00 bits per heavy atom. The number of fused-ring (bicyclic) bond motifs is 1. The second-order valence-electron chi connectivity index (χ2n) is 4.97. The van der Waals surface area contributed by atoms with Crippen LogP contribution in [0.4, 0.5) is 5.95 Å². The van der Waals surface area contributed by atoms with Crippen LogP contribution >= 0.6 is 0 Å². The van der Waals surface area contributed by atoms with Gasteiger partial charge in [0, 0.05) is 26.2 Å². The second-order valence-corrected chi connectivity index (χ2v) is 4.97. The highest BCUT2D eigenvalue weighted by Crippen LogP contribution is 2.18. The zero-order chi connectivity index (χ0) is 14.7. The number of benzene rings is 1. The van der Waals surface area contributed by atoms with Gasteiger partial charge in [0.05, 0.1) is 16.7 Å². The molecule has 0 aliphatic heterocycles. The second kappa shape index (κ2) is 5.91. The first-order chi connectivity index (χ1) is 10.3. The van der Waals surface area contributed by atoms with Crippen LogP contribution in [-0.2, 0) is 13.0 Å². The van der Waals surface area contributed by atoms with Crippen LogP contribution in [0.1, 0.15) is 24.9 Å². The molecule has 0 aliphatic carbocycles. The van der Waals surface area contributed by atoms with E-state index in [0.717, 1.165) is 30.0 Å². The van der Waals surface area contributed by atoms with Gasteiger partial charge in [-0.2, -0.15) is 0 Å². The van der Waals surface area contributed by atoms with E-state index < -0.39 is 0 Å². The SMILES string of the molecule is CCCn1c(Cc2ccnc(NC)n2)nc2ccccc21. The largest absolute Gasteiger partial charge is 0.357 e. The fourth-order valence-electron chi connectivity index (χ4n) is 2.51. The maximum absolute atomic E-state index is 4.76. The molecule has 0 unspecified atom stereocenters. The highest BCUT2D eigenvalue weighted by atomic mass is 15.1. The van der Waals surface area contributed by atoms with Gasteiger partial charge in [-0.1, -0.05) is 19.1 Å². The fourth-order valence-corrected chi connectivity index (χ4v) is 2.51. The topological polar surface area (TPSA) is 55.6 Å². The van der Waals surface area contributed by atoms with Crippen molar-refractivity contribution in [2.24, 2.45) is 0 Å². The molecule has 5 heteroatoms. The summed E-state index contributed by atoms with van der Waals surface area (Å²) < 4.78 is 2.29. The number of anilines is 1. The lowest BCUT2D eigenvalue weighted by atomic mass is 10.3. The average molecular weight is 281 g/mol. The highest BCUT2D eigenvalue weighted by molar-refractivity contribution is 5.76. The third kappa shape index (κ3) is 2.72. The Hall–Kier alpha value is -2.43. The molecule has 0 amide bonds. The lowest BCUT2D eigenvalue weighted by Gasteiger charge is -2.08. The number of nitrogens with one attached hydrogen (secondary N) is 1. The number of imidazole rings is 1. The molecule has 3 rings (SSSR count). The molecule has 0 fully saturated rings. The van der Waals surface area contributed by atoms with E-state index in [2.05, 4.69) is 45.0 Å². The molecule has 108 valence electrons. The highest BCUT2D eigenvalue weighted by Gasteiger charge is 2.11. The lowest BCUT2D eigenvalue weighted by molar-refractivity contribution is 0.662. The molecule has 0 spiro atoms. The van der Waals surface area contributed by atoms with E-state index >= 15 is 0 Å². The number of aromatic nitrogens is 4. The predicted octanol–water partition coefficient (Wildman–Crippen LogP) is 2.87. The molecule has 1 aromatic carbocycles. The van der Waals surface area contributed by atoms with Crippen LogP contribution in [0.2, 0.25) is 0 Å². The summed E-state index contributed by atoms with van der Waals surface area (Å²) in [5, 5.41) is 2.97. The molecule has 0 atom stereocenters. The van der Waals surface area contributed by atoms with E-state index in [1.807, 2.05) is 19.2 Å². The Kier molecular flexibility index (Phi) is 3.81. The summed E-state index contributed by atoms with van der Waals surface area (Å²) in [6.07, 6.45) is 3.58. The monoisotopic (exact) mass is 281 g/mol. The van der Waals surface area contributed by atoms with Crippen LogP contribution in [0.3, 0.4) is 0 Å². The van der Waals surface area contributed by atoms with E-state index in [1.54, 1.807) is 6.20 Å². The van der Waals surface area contributed by atoms with Crippen molar-refractivity contribution in [1.82, 2.24) is 19.5 Å². The Balaban J connectivity index is 2.00. The molecular formula is C16H19N5. The molecule has 0 aliphatic rings. The third-order valence-corrected chi connectivity index (χ3v) is 3.46. The lowest BCUT2D eigenvalue weighted by Crippen LogP contribution is -2.06. The summed E-state index contributed by atoms with van der Waals surface area (Å²) in [4.78, 5) is 13.4. The van der Waals surface area contributed by atoms with E-state index in [0.29, 0.717) is 12.4 Å². The molecule has 2 aromatic heterocycles. The van der Waals surface area contributed by atoms with Gasteiger partial charge in [0.2, 0.25) is 5.95 Å². The number of nitrogens with zero attached hydrogens (tertiary/aromatic N) is 4. The molecule has 1 N–H and O–H groups in total. The van der Waals surface area contributed by atoms with Crippen molar-refractivity contribution in [2.75, 3.05) is 12.4 Å². The molecule has 21 heavy (non-hydrogen) atoms. The van der Waals surface area contributed by atoms with Gasteiger partial charge in [0.15, 0.2) is 0 Å². The molecule has 0 bridgehead atoms. The fraction of sp³-hybridized carbons (Fsp3) is 0.312. The number of para-hydroxylation sites is 2. The smallest absolute Gasteiger partial charge is 0.222 e. The van der Waals surface area contributed by atoms with Crippen molar-refractivity contribution in [2.45, 2.75) is 26.3 Å². The normalized spacial score (nSPS) is 11.0. The zero-order valence-corrected chi connectivity index (χ0v) is 12.4. The van der Waals surface area contributed by atoms with Gasteiger partial charge in [-0.3, -0.25) is 0 Å². The van der Waals surface area contributed by atoms with E-state index in [-0.39, 0.29) is 0 Å². The third-order valence-electron chi connectivity index (χ3n) is 3.46. The average Bonchev–Trinajstić information content (AvgIpc) is 2.86. The first-order valence-corrected chi connectivity index (χ1v) is 7.25. The number of hydrogen-bond acceptors (Lipinski definition) is 4. The summed E-state index contributed by atoms with van der Waals surface area (Å²) in [6.45, 7) is 3.15. The van der Waals surface area contributed by atoms with Crippen LogP contribution in [0, 0.1) is 0 Å². The van der Waals surface area contributed by atoms with Gasteiger partial charge in [0.25, 0.3) is 0 Å². The molecule has 5 nitrogen and oxygen atoms in total. The van der Waals surface area contributed by atoms with Crippen LogP contribution < -0.4 is 5.32 Å². The van der Waals surface area contributed by atoms with Crippen molar-refractivity contribution in [3.63, 3.8) is 0 Å². The van der Waals surface area contributed by atoms with E-state index in [9.17, 15) is 0 Å². The minimum Gasteiger partial charge on any atom is -0.357 e. The zero-order valence-electron chi connectivity index (χ0n) is 12.4. The Bertz CT molecular complexity index is 747. The van der Waals surface area contributed by atoms with Gasteiger partial charge in [0.1, 0.15) is 5.82 Å². The van der Waals surface area contributed by atoms with Gasteiger partial charge in [-0.15, -0.1) is 0 Å². The van der Waals surface area contributed by atoms with E-state index in [4.69, 9.17) is 4.98 Å². The van der Waals surface area contributed by atoms with Crippen LogP contribution in [0.5, 0.6) is 0 Å². The molecule has 0 saturated heterocycles. The first kappa shape index (κ1) is 13.5. The Morgan fingerprint density at radius 3 is 2.81 bits per heavy atom. The maximum atomic E-state index is 4.76. The van der Waals surface area contributed by atoms with Crippen molar-refractivity contribution < 1.29 is 0 Å². The molecule has 2 heterocycles. The number of hydrogen-bond donors (Lipinski definition) is 1. The summed E-state index contributed by atoms with van der Waals surface area (Å²) in [7, 11) is 1.82. The van der Waals surface area contributed by atoms with Gasteiger partial charge in [-0.05, 0) is 24.6 Å². The summed E-state index contributed by atoms with van der Waals surface area (Å²) >= 11 is 0. The van der Waals surface area contributed by atoms with Crippen molar-refractivity contribution >= 4 is 17.0 Å². The summed E-state index contributed by atoms with van der Waals surface area (Å²) in [5.41, 5.74) is 3.21. The Labute approximate surface area is 124 Å². The standard InChI is InChI=1S/C16H19N5/c1-3-10-21-14-7-5-4-6-13(14)20-15(21)11-12-8-9-18-16(17-2)19-12/h4-9H,3,10-11H2,1-2H3,(H,17,18,19). The van der Waals surface area contributed by atoms with Gasteiger partial charge >= 0.3 is 0 Å². The molecule has 3 aromatic rings. The van der Waals surface area contributed by atoms with Crippen molar-refractivity contribution in [3.8, 4) is 0 Å². The summed E-state index contributed by atoms with van der Waals surface area (Å²) in [5.74, 6) is 1.70. The molecule has 0 saturated carbocycles. The first-order valence-electron chi connectivity index (χ1n) is 7.25. The van der Waals surface area contributed by atoms with E-state index in [1.165, 1.54) is 5.52 Å². The quantitative estimate of drug-likeness (QED) is 0.781. The minimum atomic E-state index is 0.644. The van der Waals surface area contributed by atoms with Crippen LogP contribution in [-0.4, -0.2) is 26.6 Å². The van der Waals surface area contributed by atoms with Crippen LogP contribution in [0.25, 0.3) is 11.0 Å². The maximum Gasteiger partial charge on any atom is 0.222 e. The van der Waals surface area contributed by atoms with Crippen molar-refractivity contribution in [3.05, 3.63) is 48.0 Å². The summed E-state index contributed by atoms with van der Waals surface area (Å²) in [6, 6.07) is 10.2. The number of rotatable bonds is 5. The van der Waals surface area contributed by atoms with Crippen molar-refractivity contribution in [1.29, 1.82) is 0 Å².